The number of ether oxygens (including phenoxy) is 1. The second-order valence-corrected chi connectivity index (χ2v) is 4.93. The largest absolute Gasteiger partial charge is 0.495 e. The second kappa shape index (κ2) is 5.61. The van der Waals surface area contributed by atoms with Crippen LogP contribution >= 0.6 is 11.6 Å². The molecule has 3 nitrogen and oxygen atoms in total. The van der Waals surface area contributed by atoms with Gasteiger partial charge in [-0.05, 0) is 37.6 Å². The van der Waals surface area contributed by atoms with Crippen molar-refractivity contribution in [3.8, 4) is 5.75 Å². The minimum atomic E-state index is 0.573. The van der Waals surface area contributed by atoms with Gasteiger partial charge in [0.15, 0.2) is 0 Å². The van der Waals surface area contributed by atoms with E-state index < -0.39 is 0 Å². The van der Waals surface area contributed by atoms with E-state index in [9.17, 15) is 0 Å². The predicted octanol–water partition coefficient (Wildman–Crippen LogP) is 2.54. The van der Waals surface area contributed by atoms with Crippen molar-refractivity contribution in [2.75, 3.05) is 32.1 Å². The second-order valence-electron chi connectivity index (χ2n) is 4.49. The van der Waals surface area contributed by atoms with Gasteiger partial charge in [-0.1, -0.05) is 11.6 Å². The Balaban J connectivity index is 2.11. The minimum Gasteiger partial charge on any atom is -0.495 e. The van der Waals surface area contributed by atoms with Crippen molar-refractivity contribution in [2.45, 2.75) is 18.9 Å². The summed E-state index contributed by atoms with van der Waals surface area (Å²) in [4.78, 5) is 2.20. The maximum absolute atomic E-state index is 6.04. The van der Waals surface area contributed by atoms with Crippen LogP contribution in [0.3, 0.4) is 0 Å². The third-order valence-corrected chi connectivity index (χ3v) is 3.44. The van der Waals surface area contributed by atoms with Gasteiger partial charge in [-0.2, -0.15) is 0 Å². The number of halogens is 1. The lowest BCUT2D eigenvalue weighted by Gasteiger charge is -2.25. The number of likely N-dealkylation sites (N-methyl/N-ethyl adjacent to an activating group) is 1. The SMILES string of the molecule is COc1ccc(Cl)cc1N(C)CC1CCCN1. The number of hydrogen-bond acceptors (Lipinski definition) is 3. The topological polar surface area (TPSA) is 24.5 Å². The molecule has 1 atom stereocenters. The summed E-state index contributed by atoms with van der Waals surface area (Å²) in [5, 5.41) is 4.24. The van der Waals surface area contributed by atoms with Gasteiger partial charge >= 0.3 is 0 Å². The van der Waals surface area contributed by atoms with Crippen molar-refractivity contribution in [3.63, 3.8) is 0 Å². The Labute approximate surface area is 108 Å². The highest BCUT2D eigenvalue weighted by molar-refractivity contribution is 6.30. The standard InChI is InChI=1S/C13H19ClN2O/c1-16(9-11-4-3-7-15-11)12-8-10(14)5-6-13(12)17-2/h5-6,8,11,15H,3-4,7,9H2,1-2H3. The van der Waals surface area contributed by atoms with Crippen molar-refractivity contribution in [2.24, 2.45) is 0 Å². The number of anilines is 1. The summed E-state index contributed by atoms with van der Waals surface area (Å²) >= 11 is 6.04. The average Bonchev–Trinajstić information content (AvgIpc) is 2.81. The molecule has 4 heteroatoms. The first-order valence-electron chi connectivity index (χ1n) is 5.99. The van der Waals surface area contributed by atoms with E-state index in [-0.39, 0.29) is 0 Å². The molecular weight excluding hydrogens is 236 g/mol. The van der Waals surface area contributed by atoms with Crippen molar-refractivity contribution in [3.05, 3.63) is 23.2 Å². The summed E-state index contributed by atoms with van der Waals surface area (Å²) in [6.45, 7) is 2.11. The van der Waals surface area contributed by atoms with Crippen molar-refractivity contribution < 1.29 is 4.74 Å². The highest BCUT2D eigenvalue weighted by atomic mass is 35.5. The van der Waals surface area contributed by atoms with Crippen LogP contribution in [0.5, 0.6) is 5.75 Å². The molecular formula is C13H19ClN2O. The zero-order valence-electron chi connectivity index (χ0n) is 10.4. The zero-order valence-corrected chi connectivity index (χ0v) is 11.1. The molecule has 1 aromatic carbocycles. The summed E-state index contributed by atoms with van der Waals surface area (Å²) in [5.41, 5.74) is 1.05. The molecule has 1 aliphatic heterocycles. The summed E-state index contributed by atoms with van der Waals surface area (Å²) in [6, 6.07) is 6.29. The van der Waals surface area contributed by atoms with E-state index in [1.807, 2.05) is 18.2 Å². The number of methoxy groups -OCH3 is 1. The fourth-order valence-electron chi connectivity index (χ4n) is 2.30. The van der Waals surface area contributed by atoms with Crippen LogP contribution in [0, 0.1) is 0 Å². The molecule has 2 rings (SSSR count). The zero-order chi connectivity index (χ0) is 12.3. The third kappa shape index (κ3) is 3.05. The summed E-state index contributed by atoms with van der Waals surface area (Å²) in [5.74, 6) is 0.870. The Morgan fingerprint density at radius 2 is 2.35 bits per heavy atom. The van der Waals surface area contributed by atoms with Crippen LogP contribution < -0.4 is 15.0 Å². The van der Waals surface area contributed by atoms with Gasteiger partial charge in [0.05, 0.1) is 12.8 Å². The Morgan fingerprint density at radius 1 is 1.53 bits per heavy atom. The first-order valence-corrected chi connectivity index (χ1v) is 6.36. The molecule has 0 aliphatic carbocycles. The Bertz CT molecular complexity index is 378. The molecule has 0 spiro atoms. The van der Waals surface area contributed by atoms with Gasteiger partial charge in [0.1, 0.15) is 5.75 Å². The molecule has 0 radical (unpaired) electrons. The molecule has 1 aromatic rings. The van der Waals surface area contributed by atoms with E-state index in [1.54, 1.807) is 7.11 Å². The van der Waals surface area contributed by atoms with Crippen LogP contribution in [0.15, 0.2) is 18.2 Å². The molecule has 1 aliphatic rings. The molecule has 1 fully saturated rings. The maximum atomic E-state index is 6.04. The number of benzene rings is 1. The molecule has 1 saturated heterocycles. The van der Waals surface area contributed by atoms with E-state index in [2.05, 4.69) is 17.3 Å². The average molecular weight is 255 g/mol. The summed E-state index contributed by atoms with van der Waals surface area (Å²) in [7, 11) is 3.77. The molecule has 1 heterocycles. The van der Waals surface area contributed by atoms with Crippen LogP contribution in [0.1, 0.15) is 12.8 Å². The van der Waals surface area contributed by atoms with Gasteiger partial charge in [0, 0.05) is 24.7 Å². The predicted molar refractivity (Wildman–Crippen MR) is 72.3 cm³/mol. The fraction of sp³-hybridized carbons (Fsp3) is 0.538. The van der Waals surface area contributed by atoms with Crippen LogP contribution in [-0.4, -0.2) is 33.3 Å². The molecule has 0 amide bonds. The first kappa shape index (κ1) is 12.5. The van der Waals surface area contributed by atoms with Gasteiger partial charge in [-0.15, -0.1) is 0 Å². The van der Waals surface area contributed by atoms with Crippen LogP contribution in [-0.2, 0) is 0 Å². The summed E-state index contributed by atoms with van der Waals surface area (Å²) < 4.78 is 5.37. The molecule has 1 N–H and O–H groups in total. The minimum absolute atomic E-state index is 0.573. The van der Waals surface area contributed by atoms with Crippen LogP contribution in [0.2, 0.25) is 5.02 Å². The van der Waals surface area contributed by atoms with Crippen molar-refractivity contribution >= 4 is 17.3 Å². The lowest BCUT2D eigenvalue weighted by Crippen LogP contribution is -2.35. The fourth-order valence-corrected chi connectivity index (χ4v) is 2.47. The molecule has 0 aromatic heterocycles. The molecule has 94 valence electrons. The highest BCUT2D eigenvalue weighted by Gasteiger charge is 2.18. The summed E-state index contributed by atoms with van der Waals surface area (Å²) in [6.07, 6.45) is 2.51. The highest BCUT2D eigenvalue weighted by Crippen LogP contribution is 2.30. The lowest BCUT2D eigenvalue weighted by atomic mass is 10.2. The van der Waals surface area contributed by atoms with Gasteiger partial charge in [-0.3, -0.25) is 0 Å². The maximum Gasteiger partial charge on any atom is 0.142 e. The molecule has 17 heavy (non-hydrogen) atoms. The molecule has 0 saturated carbocycles. The lowest BCUT2D eigenvalue weighted by molar-refractivity contribution is 0.414. The van der Waals surface area contributed by atoms with E-state index in [1.165, 1.54) is 12.8 Å². The Morgan fingerprint density at radius 3 is 3.00 bits per heavy atom. The van der Waals surface area contributed by atoms with Crippen LogP contribution in [0.25, 0.3) is 0 Å². The number of hydrogen-bond donors (Lipinski definition) is 1. The smallest absolute Gasteiger partial charge is 0.142 e. The van der Waals surface area contributed by atoms with E-state index in [0.29, 0.717) is 6.04 Å². The number of nitrogens with one attached hydrogen (secondary N) is 1. The van der Waals surface area contributed by atoms with Crippen LogP contribution in [0.4, 0.5) is 5.69 Å². The third-order valence-electron chi connectivity index (χ3n) is 3.21. The van der Waals surface area contributed by atoms with Gasteiger partial charge < -0.3 is 15.0 Å². The monoisotopic (exact) mass is 254 g/mol. The number of rotatable bonds is 4. The van der Waals surface area contributed by atoms with E-state index in [0.717, 1.165) is 29.5 Å². The van der Waals surface area contributed by atoms with E-state index >= 15 is 0 Å². The van der Waals surface area contributed by atoms with E-state index in [4.69, 9.17) is 16.3 Å². The van der Waals surface area contributed by atoms with Gasteiger partial charge in [-0.25, -0.2) is 0 Å². The molecule has 1 unspecified atom stereocenters. The normalized spacial score (nSPS) is 19.4. The first-order chi connectivity index (χ1) is 8.20. The van der Waals surface area contributed by atoms with Gasteiger partial charge in [0.2, 0.25) is 0 Å². The van der Waals surface area contributed by atoms with Crippen molar-refractivity contribution in [1.82, 2.24) is 5.32 Å². The van der Waals surface area contributed by atoms with Gasteiger partial charge in [0.25, 0.3) is 0 Å². The Hall–Kier alpha value is -0.930. The van der Waals surface area contributed by atoms with Crippen molar-refractivity contribution in [1.29, 1.82) is 0 Å². The molecule has 0 bridgehead atoms. The Kier molecular flexibility index (Phi) is 4.13. The quantitative estimate of drug-likeness (QED) is 0.894. The number of nitrogens with zero attached hydrogens (tertiary/aromatic N) is 1.